The molecule has 2 aromatic heterocycles. The number of aromatic nitrogens is 4. The zero-order chi connectivity index (χ0) is 38.9. The Bertz CT molecular complexity index is 1540. The van der Waals surface area contributed by atoms with Crippen molar-refractivity contribution in [2.45, 2.75) is 132 Å². The van der Waals surface area contributed by atoms with Gasteiger partial charge in [-0.3, -0.25) is 18.7 Å². The first-order chi connectivity index (χ1) is 25.9. The summed E-state index contributed by atoms with van der Waals surface area (Å²) in [5.41, 5.74) is 4.42. The summed E-state index contributed by atoms with van der Waals surface area (Å²) in [6.07, 6.45) is 10.2. The Morgan fingerprint density at radius 2 is 1.54 bits per heavy atom. The third-order valence-electron chi connectivity index (χ3n) is 10.1. The monoisotopic (exact) mass is 817 g/mol. The van der Waals surface area contributed by atoms with E-state index in [0.717, 1.165) is 64.2 Å². The number of ether oxygens (including phenoxy) is 4. The maximum Gasteiger partial charge on any atom is 0.342 e. The minimum atomic E-state index is -4.35. The number of nitrogens with two attached hydrogens (primary N) is 1. The van der Waals surface area contributed by atoms with Gasteiger partial charge in [0.25, 0.3) is 0 Å². The number of carbonyl (C=O) groups excluding carboxylic acids is 2. The molecule has 1 saturated heterocycles. The Labute approximate surface area is 324 Å². The first-order valence-corrected chi connectivity index (χ1v) is 23.1. The van der Waals surface area contributed by atoms with Gasteiger partial charge in [0.15, 0.2) is 17.4 Å². The van der Waals surface area contributed by atoms with Crippen LogP contribution in [0.1, 0.15) is 90.2 Å². The van der Waals surface area contributed by atoms with Gasteiger partial charge >= 0.3 is 19.6 Å². The molecular weight excluding hydrogens is 762 g/mol. The average molecular weight is 818 g/mol. The molecule has 1 aliphatic heterocycles. The van der Waals surface area contributed by atoms with Crippen LogP contribution in [0.25, 0.3) is 11.2 Å². The third-order valence-corrected chi connectivity index (χ3v) is 13.2. The number of methoxy groups -OCH3 is 1. The number of imidazole rings is 1. The second-order valence-electron chi connectivity index (χ2n) is 14.3. The Morgan fingerprint density at radius 3 is 2.04 bits per heavy atom. The predicted molar refractivity (Wildman–Crippen MR) is 206 cm³/mol. The van der Waals surface area contributed by atoms with Crippen molar-refractivity contribution in [1.29, 1.82) is 0 Å². The van der Waals surface area contributed by atoms with Gasteiger partial charge in [-0.1, -0.05) is 12.8 Å². The summed E-state index contributed by atoms with van der Waals surface area (Å²) >= 11 is 3.03. The summed E-state index contributed by atoms with van der Waals surface area (Å²) in [5.74, 6) is -0.0170. The van der Waals surface area contributed by atoms with Gasteiger partial charge in [-0.15, -0.1) is 0 Å². The SMILES string of the molecule is COc1nc(N)nc2c1ncn2[C@@H]1O[C@H](COP(=O)(N[C@@H](CCSC)C(=O)OC2CCCCC2)N[C@@H](CCSC)C(=O)OC2CCCCC2)[C@@H](O)[C@@]1(C)O. The number of esters is 2. The van der Waals surface area contributed by atoms with Crippen LogP contribution >= 0.6 is 31.2 Å². The minimum absolute atomic E-state index is 0.103. The number of nitrogens with one attached hydrogen (secondary N) is 2. The van der Waals surface area contributed by atoms with Crippen molar-refractivity contribution in [1.82, 2.24) is 29.7 Å². The smallest absolute Gasteiger partial charge is 0.342 e. The molecule has 3 fully saturated rings. The van der Waals surface area contributed by atoms with Crippen molar-refractivity contribution in [3.05, 3.63) is 6.33 Å². The molecular formula is C34H56N7O10PS2. The maximum atomic E-state index is 15.0. The molecule has 304 valence electrons. The van der Waals surface area contributed by atoms with Crippen molar-refractivity contribution >= 4 is 60.2 Å². The molecule has 6 atom stereocenters. The Balaban J connectivity index is 1.40. The molecule has 3 heterocycles. The minimum Gasteiger partial charge on any atom is -0.479 e. The van der Waals surface area contributed by atoms with Crippen molar-refractivity contribution in [3.8, 4) is 5.88 Å². The molecule has 0 amide bonds. The van der Waals surface area contributed by atoms with Gasteiger partial charge in [0, 0.05) is 0 Å². The number of thioether (sulfide) groups is 2. The lowest BCUT2D eigenvalue weighted by molar-refractivity contribution is -0.153. The van der Waals surface area contributed by atoms with Gasteiger partial charge in [0.1, 0.15) is 42.1 Å². The standard InChI is InChI=1S/C34H56N7O10PS2/c1-34(45)27(42)25(51-32(34)41-20-36-26-28(41)37-33(35)38-29(26)47-2)19-48-52(46,39-23(15-17-53-3)30(43)49-21-11-7-5-8-12-21)40-24(16-18-54-4)31(44)50-22-13-9-6-10-14-22/h20-25,27,32,42,45H,5-19H2,1-4H3,(H2,35,37,38)(H2,39,40,46)/t23-,24-,25+,27+,32+,34+/m0/s1. The van der Waals surface area contributed by atoms with Crippen LogP contribution in [0.15, 0.2) is 6.33 Å². The van der Waals surface area contributed by atoms with Crippen molar-refractivity contribution in [2.24, 2.45) is 0 Å². The van der Waals surface area contributed by atoms with Gasteiger partial charge in [0.2, 0.25) is 11.8 Å². The molecule has 20 heteroatoms. The number of carbonyl (C=O) groups is 2. The molecule has 2 saturated carbocycles. The number of anilines is 1. The molecule has 0 bridgehead atoms. The van der Waals surface area contributed by atoms with Crippen LogP contribution < -0.4 is 20.6 Å². The number of nitrogen functional groups attached to an aromatic ring is 1. The highest BCUT2D eigenvalue weighted by Crippen LogP contribution is 2.45. The number of rotatable bonds is 19. The maximum absolute atomic E-state index is 15.0. The molecule has 2 aromatic rings. The number of aliphatic hydroxyl groups excluding tert-OH is 1. The van der Waals surface area contributed by atoms with Gasteiger partial charge < -0.3 is 39.4 Å². The van der Waals surface area contributed by atoms with E-state index in [9.17, 15) is 19.8 Å². The summed E-state index contributed by atoms with van der Waals surface area (Å²) < 4.78 is 45.8. The summed E-state index contributed by atoms with van der Waals surface area (Å²) in [6.45, 7) is 0.865. The highest BCUT2D eigenvalue weighted by molar-refractivity contribution is 7.98. The number of aliphatic hydroxyl groups is 2. The molecule has 0 aromatic carbocycles. The highest BCUT2D eigenvalue weighted by atomic mass is 32.2. The largest absolute Gasteiger partial charge is 0.479 e. The van der Waals surface area contributed by atoms with Crippen molar-refractivity contribution < 1.29 is 47.8 Å². The van der Waals surface area contributed by atoms with Crippen LogP contribution in [-0.2, 0) is 32.9 Å². The van der Waals surface area contributed by atoms with E-state index < -0.39 is 62.3 Å². The highest BCUT2D eigenvalue weighted by Gasteiger charge is 2.54. The van der Waals surface area contributed by atoms with E-state index in [1.54, 1.807) is 0 Å². The summed E-state index contributed by atoms with van der Waals surface area (Å²) in [6, 6.07) is -2.09. The van der Waals surface area contributed by atoms with Crippen molar-refractivity contribution in [3.63, 3.8) is 0 Å². The molecule has 0 unspecified atom stereocenters. The van der Waals surface area contributed by atoms with Crippen LogP contribution in [0.4, 0.5) is 5.95 Å². The van der Waals surface area contributed by atoms with Gasteiger partial charge in [-0.2, -0.15) is 33.5 Å². The zero-order valence-corrected chi connectivity index (χ0v) is 34.0. The molecule has 5 rings (SSSR count). The molecule has 3 aliphatic rings. The van der Waals surface area contributed by atoms with E-state index in [1.165, 1.54) is 48.5 Å². The van der Waals surface area contributed by atoms with Gasteiger partial charge in [0.05, 0.1) is 20.0 Å². The molecule has 0 spiro atoms. The normalized spacial score (nSPS) is 25.4. The second kappa shape index (κ2) is 19.8. The summed E-state index contributed by atoms with van der Waals surface area (Å²) in [7, 11) is -2.94. The zero-order valence-electron chi connectivity index (χ0n) is 31.5. The number of hydrogen-bond donors (Lipinski definition) is 5. The van der Waals surface area contributed by atoms with Crippen LogP contribution in [0.5, 0.6) is 5.88 Å². The van der Waals surface area contributed by atoms with Crippen LogP contribution in [0.3, 0.4) is 0 Å². The lowest BCUT2D eigenvalue weighted by Crippen LogP contribution is -2.47. The summed E-state index contributed by atoms with van der Waals surface area (Å²) in [5, 5.41) is 28.8. The summed E-state index contributed by atoms with van der Waals surface area (Å²) in [4.78, 5) is 39.9. The number of nitrogens with zero attached hydrogens (tertiary/aromatic N) is 4. The average Bonchev–Trinajstić information content (AvgIpc) is 3.67. The van der Waals surface area contributed by atoms with Crippen LogP contribution in [0.2, 0.25) is 0 Å². The van der Waals surface area contributed by atoms with E-state index in [-0.39, 0.29) is 48.0 Å². The first-order valence-electron chi connectivity index (χ1n) is 18.7. The van der Waals surface area contributed by atoms with Gasteiger partial charge in [-0.25, -0.2) is 15.2 Å². The fourth-order valence-corrected chi connectivity index (χ4v) is 9.91. The van der Waals surface area contributed by atoms with Gasteiger partial charge in [-0.05, 0) is 95.1 Å². The molecule has 6 N–H and O–H groups in total. The quantitative estimate of drug-likeness (QED) is 0.100. The molecule has 2 aliphatic carbocycles. The van der Waals surface area contributed by atoms with E-state index in [4.69, 9.17) is 29.2 Å². The molecule has 0 radical (unpaired) electrons. The van der Waals surface area contributed by atoms with Crippen LogP contribution in [0, 0.1) is 0 Å². The molecule has 54 heavy (non-hydrogen) atoms. The molecule has 17 nitrogen and oxygen atoms in total. The lowest BCUT2D eigenvalue weighted by Gasteiger charge is -2.31. The second-order valence-corrected chi connectivity index (χ2v) is 18.1. The predicted octanol–water partition coefficient (Wildman–Crippen LogP) is 3.73. The fourth-order valence-electron chi connectivity index (χ4n) is 7.10. The Kier molecular flexibility index (Phi) is 15.7. The van der Waals surface area contributed by atoms with Crippen molar-refractivity contribution in [2.75, 3.05) is 43.5 Å². The topological polar surface area (TPSA) is 231 Å². The van der Waals surface area contributed by atoms with E-state index in [0.29, 0.717) is 11.5 Å². The third kappa shape index (κ3) is 10.8. The Morgan fingerprint density at radius 1 is 1.00 bits per heavy atom. The van der Waals surface area contributed by atoms with Crippen LogP contribution in [-0.4, -0.2) is 122 Å². The Hall–Kier alpha value is -2.22. The fraction of sp³-hybridized carbons (Fsp3) is 0.794. The van der Waals surface area contributed by atoms with E-state index in [2.05, 4.69) is 25.1 Å². The lowest BCUT2D eigenvalue weighted by atomic mass is 9.96. The van der Waals surface area contributed by atoms with E-state index in [1.807, 2.05) is 12.5 Å². The first kappa shape index (κ1) is 42.9. The van der Waals surface area contributed by atoms with E-state index >= 15 is 4.57 Å². The number of hydrogen-bond acceptors (Lipinski definition) is 16. The number of fused-ring (bicyclic) bond motifs is 1.